The van der Waals surface area contributed by atoms with E-state index in [2.05, 4.69) is 25.3 Å². The maximum atomic E-state index is 5.24. The molecule has 0 spiro atoms. The molecule has 3 aromatic heterocycles. The molecule has 0 aliphatic rings. The summed E-state index contributed by atoms with van der Waals surface area (Å²) in [4.78, 5) is 16.9. The first-order valence-electron chi connectivity index (χ1n) is 7.34. The Labute approximate surface area is 147 Å². The molecule has 7 heteroatoms. The normalized spacial score (nSPS) is 11.0. The zero-order valence-electron chi connectivity index (χ0n) is 12.9. The van der Waals surface area contributed by atoms with Crippen LogP contribution in [0.25, 0.3) is 21.7 Å². The van der Waals surface area contributed by atoms with E-state index < -0.39 is 0 Å². The monoisotopic (exact) mass is 354 g/mol. The van der Waals surface area contributed by atoms with E-state index in [0.717, 1.165) is 44.1 Å². The van der Waals surface area contributed by atoms with Crippen molar-refractivity contribution in [1.29, 1.82) is 0 Å². The Kier molecular flexibility index (Phi) is 4.18. The van der Waals surface area contributed by atoms with Gasteiger partial charge < -0.3 is 9.72 Å². The number of hydrogen-bond donors (Lipinski definition) is 1. The minimum Gasteiger partial charge on any atom is -0.497 e. The van der Waals surface area contributed by atoms with E-state index in [1.165, 1.54) is 0 Å². The third-order valence-corrected chi connectivity index (χ3v) is 5.28. The summed E-state index contributed by atoms with van der Waals surface area (Å²) in [6, 6.07) is 11.7. The molecule has 0 aliphatic heterocycles. The van der Waals surface area contributed by atoms with Gasteiger partial charge in [-0.1, -0.05) is 17.8 Å². The number of thioether (sulfide) groups is 1. The molecule has 0 unspecified atom stereocenters. The van der Waals surface area contributed by atoms with Crippen molar-refractivity contribution < 1.29 is 4.74 Å². The van der Waals surface area contributed by atoms with Crippen molar-refractivity contribution in [1.82, 2.24) is 19.9 Å². The Morgan fingerprint density at radius 2 is 2.17 bits per heavy atom. The van der Waals surface area contributed by atoms with Crippen molar-refractivity contribution in [2.45, 2.75) is 10.9 Å². The van der Waals surface area contributed by atoms with Crippen LogP contribution >= 0.6 is 23.1 Å². The number of nitrogens with zero attached hydrogens (tertiary/aromatic N) is 3. The summed E-state index contributed by atoms with van der Waals surface area (Å²) in [5.74, 6) is 1.59. The van der Waals surface area contributed by atoms with Crippen molar-refractivity contribution in [3.8, 4) is 16.5 Å². The van der Waals surface area contributed by atoms with Crippen molar-refractivity contribution in [2.75, 3.05) is 7.11 Å². The molecule has 0 atom stereocenters. The van der Waals surface area contributed by atoms with E-state index in [9.17, 15) is 0 Å². The van der Waals surface area contributed by atoms with Crippen LogP contribution < -0.4 is 4.74 Å². The zero-order valence-corrected chi connectivity index (χ0v) is 14.5. The van der Waals surface area contributed by atoms with E-state index in [-0.39, 0.29) is 0 Å². The zero-order chi connectivity index (χ0) is 16.4. The van der Waals surface area contributed by atoms with Gasteiger partial charge in [0.15, 0.2) is 5.16 Å². The molecular weight excluding hydrogens is 340 g/mol. The minimum absolute atomic E-state index is 0.764. The second kappa shape index (κ2) is 6.62. The van der Waals surface area contributed by atoms with Crippen LogP contribution in [0.1, 0.15) is 5.69 Å². The van der Waals surface area contributed by atoms with E-state index in [4.69, 9.17) is 4.74 Å². The van der Waals surface area contributed by atoms with Crippen LogP contribution in [0.5, 0.6) is 5.75 Å². The molecule has 0 saturated heterocycles. The van der Waals surface area contributed by atoms with Gasteiger partial charge in [-0.3, -0.25) is 4.98 Å². The highest BCUT2D eigenvalue weighted by molar-refractivity contribution is 7.98. The largest absolute Gasteiger partial charge is 0.497 e. The van der Waals surface area contributed by atoms with Crippen LogP contribution in [0.15, 0.2) is 53.1 Å². The van der Waals surface area contributed by atoms with Gasteiger partial charge in [0.2, 0.25) is 0 Å². The van der Waals surface area contributed by atoms with Crippen molar-refractivity contribution in [3.63, 3.8) is 0 Å². The van der Waals surface area contributed by atoms with Crippen LogP contribution in [0.4, 0.5) is 0 Å². The quantitative estimate of drug-likeness (QED) is 0.539. The van der Waals surface area contributed by atoms with Gasteiger partial charge in [0.1, 0.15) is 10.8 Å². The van der Waals surface area contributed by atoms with E-state index in [0.29, 0.717) is 0 Å². The SMILES string of the molecule is COc1ccc2nc(SCc3csc(-c4ccccn4)n3)[nH]c2c1. The second-order valence-electron chi connectivity index (χ2n) is 5.07. The Hall–Kier alpha value is -2.38. The number of ether oxygens (including phenoxy) is 1. The number of aromatic nitrogens is 4. The van der Waals surface area contributed by atoms with Gasteiger partial charge in [0.05, 0.1) is 29.5 Å². The lowest BCUT2D eigenvalue weighted by molar-refractivity contribution is 0.415. The number of aromatic amines is 1. The molecule has 0 amide bonds. The lowest BCUT2D eigenvalue weighted by atomic mass is 10.3. The molecule has 1 aromatic carbocycles. The third kappa shape index (κ3) is 3.13. The van der Waals surface area contributed by atoms with Gasteiger partial charge in [0.25, 0.3) is 0 Å². The first-order chi connectivity index (χ1) is 11.8. The molecular formula is C17H14N4OS2. The number of nitrogens with one attached hydrogen (secondary N) is 1. The molecule has 0 bridgehead atoms. The first kappa shape index (κ1) is 15.2. The smallest absolute Gasteiger partial charge is 0.166 e. The predicted molar refractivity (Wildman–Crippen MR) is 97.6 cm³/mol. The summed E-state index contributed by atoms with van der Waals surface area (Å²) in [5, 5.41) is 3.90. The Morgan fingerprint density at radius 3 is 3.00 bits per heavy atom. The van der Waals surface area contributed by atoms with E-state index in [1.54, 1.807) is 36.4 Å². The molecule has 3 heterocycles. The topological polar surface area (TPSA) is 63.7 Å². The number of benzene rings is 1. The van der Waals surface area contributed by atoms with Gasteiger partial charge in [0, 0.05) is 23.4 Å². The number of pyridine rings is 1. The molecule has 0 radical (unpaired) electrons. The molecule has 4 rings (SSSR count). The Bertz CT molecular complexity index is 965. The number of imidazole rings is 1. The highest BCUT2D eigenvalue weighted by atomic mass is 32.2. The molecule has 0 aliphatic carbocycles. The lowest BCUT2D eigenvalue weighted by Crippen LogP contribution is -1.84. The number of fused-ring (bicyclic) bond motifs is 1. The van der Waals surface area contributed by atoms with Gasteiger partial charge in [-0.15, -0.1) is 11.3 Å². The van der Waals surface area contributed by atoms with Crippen LogP contribution in [-0.4, -0.2) is 27.0 Å². The van der Waals surface area contributed by atoms with Crippen LogP contribution in [0, 0.1) is 0 Å². The summed E-state index contributed by atoms with van der Waals surface area (Å²) >= 11 is 3.25. The number of thiazole rings is 1. The average molecular weight is 354 g/mol. The summed E-state index contributed by atoms with van der Waals surface area (Å²) < 4.78 is 5.24. The fraction of sp³-hybridized carbons (Fsp3) is 0.118. The van der Waals surface area contributed by atoms with Gasteiger partial charge in [-0.2, -0.15) is 0 Å². The number of hydrogen-bond acceptors (Lipinski definition) is 6. The van der Waals surface area contributed by atoms with Gasteiger partial charge in [-0.05, 0) is 24.3 Å². The average Bonchev–Trinajstić information content (AvgIpc) is 3.26. The van der Waals surface area contributed by atoms with Crippen molar-refractivity contribution in [2.24, 2.45) is 0 Å². The van der Waals surface area contributed by atoms with Crippen LogP contribution in [0.2, 0.25) is 0 Å². The summed E-state index contributed by atoms with van der Waals surface area (Å²) in [5.41, 5.74) is 3.85. The van der Waals surface area contributed by atoms with Crippen LogP contribution in [0.3, 0.4) is 0 Å². The third-order valence-electron chi connectivity index (χ3n) is 3.46. The number of methoxy groups -OCH3 is 1. The molecule has 0 saturated carbocycles. The van der Waals surface area contributed by atoms with Crippen molar-refractivity contribution >= 4 is 34.1 Å². The molecule has 5 nitrogen and oxygen atoms in total. The second-order valence-corrected chi connectivity index (χ2v) is 6.89. The Balaban J connectivity index is 1.48. The maximum Gasteiger partial charge on any atom is 0.166 e. The molecule has 1 N–H and O–H groups in total. The molecule has 120 valence electrons. The maximum absolute atomic E-state index is 5.24. The van der Waals surface area contributed by atoms with Gasteiger partial charge in [-0.25, -0.2) is 9.97 Å². The molecule has 0 fully saturated rings. The predicted octanol–water partition coefficient (Wildman–Crippen LogP) is 4.38. The number of rotatable bonds is 5. The highest BCUT2D eigenvalue weighted by Crippen LogP contribution is 2.27. The summed E-state index contributed by atoms with van der Waals surface area (Å²) in [6.07, 6.45) is 1.79. The highest BCUT2D eigenvalue weighted by Gasteiger charge is 2.08. The molecule has 4 aromatic rings. The standard InChI is InChI=1S/C17H14N4OS2/c1-22-12-5-6-13-15(8-12)21-17(20-13)24-10-11-9-23-16(19-11)14-4-2-3-7-18-14/h2-9H,10H2,1H3,(H,20,21). The summed E-state index contributed by atoms with van der Waals surface area (Å²) in [7, 11) is 1.66. The minimum atomic E-state index is 0.764. The number of H-pyrrole nitrogens is 1. The van der Waals surface area contributed by atoms with Gasteiger partial charge >= 0.3 is 0 Å². The summed E-state index contributed by atoms with van der Waals surface area (Å²) in [6.45, 7) is 0. The molecule has 24 heavy (non-hydrogen) atoms. The fourth-order valence-electron chi connectivity index (χ4n) is 2.28. The van der Waals surface area contributed by atoms with Crippen molar-refractivity contribution in [3.05, 3.63) is 53.7 Å². The van der Waals surface area contributed by atoms with E-state index in [1.807, 2.05) is 36.4 Å². The fourth-order valence-corrected chi connectivity index (χ4v) is 3.96. The van der Waals surface area contributed by atoms with Crippen LogP contribution in [-0.2, 0) is 5.75 Å². The van der Waals surface area contributed by atoms with E-state index >= 15 is 0 Å². The first-order valence-corrected chi connectivity index (χ1v) is 9.21. The lowest BCUT2D eigenvalue weighted by Gasteiger charge is -1.96. The Morgan fingerprint density at radius 1 is 1.21 bits per heavy atom.